The minimum absolute atomic E-state index is 0.0933. The largest absolute Gasteiger partial charge is 0.445 e. The van der Waals surface area contributed by atoms with Crippen molar-refractivity contribution in [3.8, 4) is 0 Å². The summed E-state index contributed by atoms with van der Waals surface area (Å²) in [5.41, 5.74) is 3.70. The summed E-state index contributed by atoms with van der Waals surface area (Å²) >= 11 is 6.21. The smallest absolute Gasteiger partial charge is 0.407 e. The number of rotatable bonds is 7. The molecule has 2 heterocycles. The van der Waals surface area contributed by atoms with E-state index in [-0.39, 0.29) is 19.0 Å². The number of carbonyl (C=O) groups is 2. The molecule has 1 aliphatic rings. The van der Waals surface area contributed by atoms with E-state index in [4.69, 9.17) is 16.3 Å². The number of carbonyl (C=O) groups excluding carboxylic acids is 2. The molecule has 1 aliphatic heterocycles. The molecule has 1 unspecified atom stereocenters. The fourth-order valence-electron chi connectivity index (χ4n) is 4.39. The van der Waals surface area contributed by atoms with Gasteiger partial charge >= 0.3 is 6.09 Å². The molecule has 6 nitrogen and oxygen atoms in total. The number of alkyl halides is 1. The third kappa shape index (κ3) is 5.14. The van der Waals surface area contributed by atoms with E-state index >= 15 is 0 Å². The molecule has 0 spiro atoms. The number of anilines is 1. The van der Waals surface area contributed by atoms with Crippen LogP contribution in [0.25, 0.3) is 10.9 Å². The van der Waals surface area contributed by atoms with Gasteiger partial charge in [0, 0.05) is 47.3 Å². The average molecular weight is 472 g/mol. The Morgan fingerprint density at radius 2 is 2.00 bits per heavy atom. The van der Waals surface area contributed by atoms with Crippen LogP contribution in [-0.2, 0) is 29.0 Å². The van der Waals surface area contributed by atoms with Crippen molar-refractivity contribution in [1.82, 2.24) is 9.88 Å². The third-order valence-electron chi connectivity index (χ3n) is 5.95. The van der Waals surface area contributed by atoms with E-state index in [0.717, 1.165) is 27.8 Å². The number of hydrogen-bond donors (Lipinski definition) is 1. The number of hydrogen-bond acceptors (Lipinski definition) is 3. The number of benzene rings is 2. The second kappa shape index (κ2) is 10.3. The minimum atomic E-state index is -0.552. The van der Waals surface area contributed by atoms with Crippen LogP contribution in [-0.4, -0.2) is 36.4 Å². The molecular weight excluding hydrogens is 445 g/mol. The van der Waals surface area contributed by atoms with E-state index in [9.17, 15) is 14.0 Å². The van der Waals surface area contributed by atoms with Crippen LogP contribution in [0, 0.1) is 0 Å². The fraction of sp³-hybridized carbons (Fsp3) is 0.360. The molecule has 4 rings (SSSR count). The van der Waals surface area contributed by atoms with E-state index in [1.54, 1.807) is 4.90 Å². The molecule has 3 aromatic rings. The molecule has 0 bridgehead atoms. The number of aryl methyl sites for hydroxylation is 1. The van der Waals surface area contributed by atoms with E-state index in [0.29, 0.717) is 37.4 Å². The molecule has 2 amide bonds. The van der Waals surface area contributed by atoms with Crippen molar-refractivity contribution in [2.75, 3.05) is 18.6 Å². The van der Waals surface area contributed by atoms with E-state index in [2.05, 4.69) is 9.88 Å². The van der Waals surface area contributed by atoms with Gasteiger partial charge in [-0.05, 0) is 48.7 Å². The molecule has 33 heavy (non-hydrogen) atoms. The van der Waals surface area contributed by atoms with Crippen LogP contribution in [0.4, 0.5) is 14.9 Å². The number of nitrogens with one attached hydrogen (secondary N) is 1. The zero-order valence-corrected chi connectivity index (χ0v) is 19.3. The topological polar surface area (TPSA) is 63.6 Å². The number of amides is 2. The SMILES string of the molecule is CNC(=O)OC1CC(=O)N(Cc2cc3cc(Cl)ccc3n2CCCCF)c2ccccc2C1. The highest BCUT2D eigenvalue weighted by Crippen LogP contribution is 2.31. The first kappa shape index (κ1) is 23.1. The Labute approximate surface area is 197 Å². The van der Waals surface area contributed by atoms with E-state index in [1.165, 1.54) is 7.05 Å². The molecule has 2 aromatic carbocycles. The predicted octanol–water partition coefficient (Wildman–Crippen LogP) is 5.25. The lowest BCUT2D eigenvalue weighted by Gasteiger charge is -2.24. The number of aromatic nitrogens is 1. The van der Waals surface area contributed by atoms with Crippen LogP contribution in [0.15, 0.2) is 48.5 Å². The van der Waals surface area contributed by atoms with Gasteiger partial charge in [-0.3, -0.25) is 9.18 Å². The zero-order chi connectivity index (χ0) is 23.4. The van der Waals surface area contributed by atoms with E-state index < -0.39 is 12.2 Å². The molecular formula is C25H27ClFN3O3. The van der Waals surface area contributed by atoms with Crippen molar-refractivity contribution in [2.45, 2.75) is 44.9 Å². The van der Waals surface area contributed by atoms with Gasteiger partial charge < -0.3 is 19.5 Å². The molecule has 0 fully saturated rings. The second-order valence-electron chi connectivity index (χ2n) is 8.18. The molecule has 0 saturated carbocycles. The number of fused-ring (bicyclic) bond motifs is 2. The second-order valence-corrected chi connectivity index (χ2v) is 8.62. The van der Waals surface area contributed by atoms with Crippen LogP contribution in [0.5, 0.6) is 0 Å². The van der Waals surface area contributed by atoms with Gasteiger partial charge in [0.05, 0.1) is 19.6 Å². The summed E-state index contributed by atoms with van der Waals surface area (Å²) in [6.45, 7) is 0.645. The minimum Gasteiger partial charge on any atom is -0.445 e. The summed E-state index contributed by atoms with van der Waals surface area (Å²) in [6, 6.07) is 15.4. The van der Waals surface area contributed by atoms with Gasteiger partial charge in [0.15, 0.2) is 0 Å². The maximum absolute atomic E-state index is 13.3. The van der Waals surface area contributed by atoms with Gasteiger partial charge in [-0.1, -0.05) is 29.8 Å². The number of ether oxygens (including phenoxy) is 1. The van der Waals surface area contributed by atoms with Crippen molar-refractivity contribution in [1.29, 1.82) is 0 Å². The molecule has 174 valence electrons. The number of halogens is 2. The van der Waals surface area contributed by atoms with Crippen LogP contribution in [0.1, 0.15) is 30.5 Å². The molecule has 0 aliphatic carbocycles. The van der Waals surface area contributed by atoms with Gasteiger partial charge in [0.2, 0.25) is 5.91 Å². The van der Waals surface area contributed by atoms with E-state index in [1.807, 2.05) is 48.5 Å². The van der Waals surface area contributed by atoms with Crippen LogP contribution in [0.3, 0.4) is 0 Å². The van der Waals surface area contributed by atoms with Crippen LogP contribution >= 0.6 is 11.6 Å². The van der Waals surface area contributed by atoms with Gasteiger partial charge in [0.1, 0.15) is 6.10 Å². The van der Waals surface area contributed by atoms with Crippen molar-refractivity contribution < 1.29 is 18.7 Å². The van der Waals surface area contributed by atoms with Crippen LogP contribution < -0.4 is 10.2 Å². The van der Waals surface area contributed by atoms with Crippen LogP contribution in [0.2, 0.25) is 5.02 Å². The predicted molar refractivity (Wildman–Crippen MR) is 127 cm³/mol. The highest BCUT2D eigenvalue weighted by molar-refractivity contribution is 6.31. The Kier molecular flexibility index (Phi) is 7.18. The fourth-order valence-corrected chi connectivity index (χ4v) is 4.57. The molecule has 0 saturated heterocycles. The number of alkyl carbamates (subject to hydrolysis) is 1. The number of nitrogens with zero attached hydrogens (tertiary/aromatic N) is 2. The van der Waals surface area contributed by atoms with Crippen molar-refractivity contribution in [3.05, 3.63) is 64.8 Å². The number of unbranched alkanes of at least 4 members (excludes halogenated alkanes) is 1. The summed E-state index contributed by atoms with van der Waals surface area (Å²) in [5.74, 6) is -0.118. The lowest BCUT2D eigenvalue weighted by atomic mass is 10.1. The lowest BCUT2D eigenvalue weighted by molar-refractivity contribution is -0.120. The summed E-state index contributed by atoms with van der Waals surface area (Å²) in [6.07, 6.45) is 0.636. The summed E-state index contributed by atoms with van der Waals surface area (Å²) in [5, 5.41) is 4.07. The molecule has 1 aromatic heterocycles. The Morgan fingerprint density at radius 3 is 2.79 bits per heavy atom. The monoisotopic (exact) mass is 471 g/mol. The Balaban J connectivity index is 1.69. The maximum Gasteiger partial charge on any atom is 0.407 e. The highest BCUT2D eigenvalue weighted by Gasteiger charge is 2.30. The highest BCUT2D eigenvalue weighted by atomic mass is 35.5. The zero-order valence-electron chi connectivity index (χ0n) is 18.5. The van der Waals surface area contributed by atoms with Gasteiger partial charge in [-0.15, -0.1) is 0 Å². The molecule has 0 radical (unpaired) electrons. The first-order chi connectivity index (χ1) is 16.0. The van der Waals surface area contributed by atoms with Crippen molar-refractivity contribution in [3.63, 3.8) is 0 Å². The molecule has 8 heteroatoms. The summed E-state index contributed by atoms with van der Waals surface area (Å²) in [4.78, 5) is 26.9. The summed E-state index contributed by atoms with van der Waals surface area (Å²) in [7, 11) is 1.50. The average Bonchev–Trinajstić information content (AvgIpc) is 3.07. The Bertz CT molecular complexity index is 1160. The first-order valence-electron chi connectivity index (χ1n) is 11.1. The standard InChI is InChI=1S/C25H27ClFN3O3/c1-28-25(32)33-21-14-17-6-2-3-7-22(17)30(24(31)15-21)16-20-13-18-12-19(26)8-9-23(18)29(20)11-5-4-10-27/h2-3,6-9,12-13,21H,4-5,10-11,14-16H2,1H3,(H,28,32). The molecule has 1 N–H and O–H groups in total. The summed E-state index contributed by atoms with van der Waals surface area (Å²) < 4.78 is 20.3. The quantitative estimate of drug-likeness (QED) is 0.479. The van der Waals surface area contributed by atoms with Gasteiger partial charge in [-0.2, -0.15) is 0 Å². The lowest BCUT2D eigenvalue weighted by Crippen LogP contribution is -2.34. The Morgan fingerprint density at radius 1 is 1.18 bits per heavy atom. The molecule has 1 atom stereocenters. The Hall–Kier alpha value is -3.06. The van der Waals surface area contributed by atoms with Gasteiger partial charge in [0.25, 0.3) is 0 Å². The number of para-hydroxylation sites is 1. The first-order valence-corrected chi connectivity index (χ1v) is 11.5. The normalized spacial score (nSPS) is 15.9. The maximum atomic E-state index is 13.3. The van der Waals surface area contributed by atoms with Gasteiger partial charge in [-0.25, -0.2) is 4.79 Å². The third-order valence-corrected chi connectivity index (χ3v) is 6.18. The van der Waals surface area contributed by atoms with Crippen molar-refractivity contribution in [2.24, 2.45) is 0 Å². The van der Waals surface area contributed by atoms with Crippen molar-refractivity contribution >= 4 is 40.2 Å².